The molecule has 2 N–H and O–H groups in total. The predicted molar refractivity (Wildman–Crippen MR) is 121 cm³/mol. The largest absolute Gasteiger partial charge is 0.453 e. The smallest absolute Gasteiger partial charge is 0.415 e. The number of aromatic nitrogens is 1. The molecule has 0 aliphatic rings. The van der Waals surface area contributed by atoms with Crippen LogP contribution in [0.1, 0.15) is 20.8 Å². The van der Waals surface area contributed by atoms with E-state index in [0.29, 0.717) is 18.8 Å². The van der Waals surface area contributed by atoms with E-state index < -0.39 is 18.3 Å². The molecular weight excluding hydrogens is 432 g/mol. The van der Waals surface area contributed by atoms with Crippen LogP contribution < -0.4 is 15.4 Å². The lowest BCUT2D eigenvalue weighted by Crippen LogP contribution is -2.33. The summed E-state index contributed by atoms with van der Waals surface area (Å²) in [6.45, 7) is 6.07. The molecule has 0 saturated heterocycles. The van der Waals surface area contributed by atoms with Crippen LogP contribution in [0.25, 0.3) is 0 Å². The van der Waals surface area contributed by atoms with Gasteiger partial charge in [-0.15, -0.1) is 11.5 Å². The molecule has 12 nitrogen and oxygen atoms in total. The molecule has 1 aromatic heterocycles. The minimum Gasteiger partial charge on any atom is -0.453 e. The van der Waals surface area contributed by atoms with Crippen molar-refractivity contribution >= 4 is 35.6 Å². The summed E-state index contributed by atoms with van der Waals surface area (Å²) in [4.78, 5) is 41.6. The number of carbonyl (C=O) groups excluding carboxylic acids is 3. The molecule has 0 bridgehead atoms. The monoisotopic (exact) mass is 458 g/mol. The van der Waals surface area contributed by atoms with E-state index in [1.807, 2.05) is 0 Å². The number of hydrogen-bond donors (Lipinski definition) is 2. The quantitative estimate of drug-likeness (QED) is 0.332. The average molecular weight is 458 g/mol. The highest BCUT2D eigenvalue weighted by Crippen LogP contribution is 2.35. The van der Waals surface area contributed by atoms with Crippen LogP contribution in [0.5, 0.6) is 5.75 Å². The maximum Gasteiger partial charge on any atom is 0.415 e. The van der Waals surface area contributed by atoms with Gasteiger partial charge in [-0.05, 0) is 32.9 Å². The zero-order chi connectivity index (χ0) is 24.8. The first-order valence-electron chi connectivity index (χ1n) is 9.75. The van der Waals surface area contributed by atoms with Crippen LogP contribution in [0, 0.1) is 12.3 Å². The lowest BCUT2D eigenvalue weighted by atomic mass is 10.3. The number of azo groups is 1. The van der Waals surface area contributed by atoms with Crippen molar-refractivity contribution in [2.75, 3.05) is 37.9 Å². The molecule has 0 fully saturated rings. The summed E-state index contributed by atoms with van der Waals surface area (Å²) in [5.74, 6) is 1.85. The Labute approximate surface area is 191 Å². The molecule has 12 heteroatoms. The zero-order valence-corrected chi connectivity index (χ0v) is 19.0. The number of pyridine rings is 1. The molecule has 0 atom stereocenters. The number of terminal acetylenes is 1. The van der Waals surface area contributed by atoms with Gasteiger partial charge in [-0.25, -0.2) is 19.4 Å². The van der Waals surface area contributed by atoms with E-state index in [-0.39, 0.29) is 23.1 Å². The van der Waals surface area contributed by atoms with Gasteiger partial charge in [-0.2, -0.15) is 5.11 Å². The van der Waals surface area contributed by atoms with Crippen LogP contribution >= 0.6 is 0 Å². The molecule has 1 rings (SSSR count). The Morgan fingerprint density at radius 2 is 1.76 bits per heavy atom. The van der Waals surface area contributed by atoms with Gasteiger partial charge in [0.05, 0.1) is 19.9 Å². The first-order chi connectivity index (χ1) is 15.8. The molecule has 0 unspecified atom stereocenters. The van der Waals surface area contributed by atoms with Gasteiger partial charge in [0.2, 0.25) is 0 Å². The van der Waals surface area contributed by atoms with Crippen molar-refractivity contribution < 1.29 is 28.6 Å². The van der Waals surface area contributed by atoms with Gasteiger partial charge in [0.25, 0.3) is 0 Å². The predicted octanol–water partition coefficient (Wildman–Crippen LogP) is 4.46. The summed E-state index contributed by atoms with van der Waals surface area (Å²) in [5.41, 5.74) is 0.419. The Hall–Kier alpha value is -4.40. The Morgan fingerprint density at radius 3 is 2.27 bits per heavy atom. The Bertz CT molecular complexity index is 992. The van der Waals surface area contributed by atoms with Gasteiger partial charge in [0, 0.05) is 19.2 Å². The van der Waals surface area contributed by atoms with Crippen LogP contribution in [0.15, 0.2) is 40.2 Å². The molecule has 1 aromatic rings. The molecule has 176 valence electrons. The van der Waals surface area contributed by atoms with Crippen molar-refractivity contribution in [2.45, 2.75) is 20.8 Å². The summed E-state index contributed by atoms with van der Waals surface area (Å²) in [5, 5.41) is 12.8. The van der Waals surface area contributed by atoms with Crippen LogP contribution in [0.3, 0.4) is 0 Å². The highest BCUT2D eigenvalue weighted by molar-refractivity contribution is 5.91. The highest BCUT2D eigenvalue weighted by atomic mass is 16.6. The summed E-state index contributed by atoms with van der Waals surface area (Å²) >= 11 is 0. The second-order valence-corrected chi connectivity index (χ2v) is 5.89. The fourth-order valence-corrected chi connectivity index (χ4v) is 2.19. The topological polar surface area (TPSA) is 144 Å². The molecule has 33 heavy (non-hydrogen) atoms. The number of allylic oxidation sites excluding steroid dienone is 3. The van der Waals surface area contributed by atoms with Crippen molar-refractivity contribution in [1.29, 1.82) is 0 Å². The Balaban J connectivity index is 3.59. The summed E-state index contributed by atoms with van der Waals surface area (Å²) in [6.07, 6.45) is 7.41. The minimum atomic E-state index is -0.878. The molecular formula is C21H26N6O6. The number of carbonyl (C=O) groups is 3. The highest BCUT2D eigenvalue weighted by Gasteiger charge is 2.21. The van der Waals surface area contributed by atoms with Crippen molar-refractivity contribution in [1.82, 2.24) is 9.88 Å². The van der Waals surface area contributed by atoms with Crippen LogP contribution in [0.2, 0.25) is 0 Å². The molecule has 0 spiro atoms. The summed E-state index contributed by atoms with van der Waals surface area (Å²) in [6, 6.07) is 1.27. The molecule has 0 aromatic carbocycles. The number of rotatable bonds is 8. The third kappa shape index (κ3) is 8.33. The number of nitrogens with zero attached hydrogens (tertiary/aromatic N) is 4. The second-order valence-electron chi connectivity index (χ2n) is 5.89. The number of amides is 3. The maximum atomic E-state index is 12.5. The summed E-state index contributed by atoms with van der Waals surface area (Å²) < 4.78 is 14.6. The SMILES string of the molecule is C#C\C=C/C(=C\C)/N=N/c1cc(OC(=O)N(CC)CC)c(NC(=O)OC)nc1NC(=O)OC. The van der Waals surface area contributed by atoms with Crippen molar-refractivity contribution in [2.24, 2.45) is 10.2 Å². The lowest BCUT2D eigenvalue weighted by Gasteiger charge is -2.19. The molecule has 3 amide bonds. The van der Waals surface area contributed by atoms with Gasteiger partial charge in [0.15, 0.2) is 17.4 Å². The van der Waals surface area contributed by atoms with E-state index in [9.17, 15) is 14.4 Å². The molecule has 0 aliphatic heterocycles. The van der Waals surface area contributed by atoms with Crippen molar-refractivity contribution in [3.05, 3.63) is 30.0 Å². The molecule has 1 heterocycles. The Kier molecular flexibility index (Phi) is 11.1. The van der Waals surface area contributed by atoms with E-state index in [4.69, 9.17) is 11.2 Å². The van der Waals surface area contributed by atoms with Gasteiger partial charge < -0.3 is 19.1 Å². The third-order valence-electron chi connectivity index (χ3n) is 3.92. The maximum absolute atomic E-state index is 12.5. The van der Waals surface area contributed by atoms with Crippen molar-refractivity contribution in [3.8, 4) is 18.1 Å². The number of methoxy groups -OCH3 is 2. The van der Waals surface area contributed by atoms with Crippen LogP contribution in [0.4, 0.5) is 31.7 Å². The minimum absolute atomic E-state index is 0.00613. The molecule has 0 saturated carbocycles. The van der Waals surface area contributed by atoms with Crippen LogP contribution in [-0.4, -0.2) is 55.5 Å². The number of anilines is 2. The number of nitrogens with one attached hydrogen (secondary N) is 2. The van der Waals surface area contributed by atoms with Crippen molar-refractivity contribution in [3.63, 3.8) is 0 Å². The first-order valence-corrected chi connectivity index (χ1v) is 9.75. The van der Waals surface area contributed by atoms with Gasteiger partial charge in [-0.3, -0.25) is 10.6 Å². The lowest BCUT2D eigenvalue weighted by molar-refractivity contribution is 0.157. The second kappa shape index (κ2) is 13.8. The van der Waals surface area contributed by atoms with E-state index in [0.717, 1.165) is 14.2 Å². The Morgan fingerprint density at radius 1 is 1.15 bits per heavy atom. The van der Waals surface area contributed by atoms with Gasteiger partial charge >= 0.3 is 18.3 Å². The standard InChI is InChI=1S/C21H26N6O6/c1-7-11-12-14(8-2)25-26-15-13-16(33-21(30)27(9-3)10-4)18(24-20(29)32-6)22-17(15)23-19(28)31-5/h1,8,11-13H,9-10H2,2-6H3,(H2,22,23,24,28,29)/b12-11-,14-8+,26-25+. The zero-order valence-electron chi connectivity index (χ0n) is 19.0. The normalized spacial score (nSPS) is 11.1. The third-order valence-corrected chi connectivity index (χ3v) is 3.92. The number of ether oxygens (including phenoxy) is 3. The van der Waals surface area contributed by atoms with Gasteiger partial charge in [0.1, 0.15) is 5.69 Å². The van der Waals surface area contributed by atoms with Crippen LogP contribution in [-0.2, 0) is 9.47 Å². The fourth-order valence-electron chi connectivity index (χ4n) is 2.19. The first kappa shape index (κ1) is 26.6. The molecule has 0 aliphatic carbocycles. The van der Waals surface area contributed by atoms with E-state index >= 15 is 0 Å². The average Bonchev–Trinajstić information content (AvgIpc) is 2.81. The fraction of sp³-hybridized carbons (Fsp3) is 0.333. The van der Waals surface area contributed by atoms with E-state index in [1.54, 1.807) is 32.9 Å². The number of hydrogen-bond acceptors (Lipinski definition) is 9. The van der Waals surface area contributed by atoms with Gasteiger partial charge in [-0.1, -0.05) is 12.0 Å². The van der Waals surface area contributed by atoms with E-state index in [2.05, 4.69) is 41.2 Å². The summed E-state index contributed by atoms with van der Waals surface area (Å²) in [7, 11) is 2.31. The van der Waals surface area contributed by atoms with E-state index in [1.165, 1.54) is 17.0 Å². The molecule has 0 radical (unpaired) electrons.